The Bertz CT molecular complexity index is 457. The van der Waals surface area contributed by atoms with Crippen molar-refractivity contribution in [3.05, 3.63) is 35.4 Å². The van der Waals surface area contributed by atoms with Crippen molar-refractivity contribution in [1.82, 2.24) is 0 Å². The second kappa shape index (κ2) is 10.0. The molecule has 0 aromatic heterocycles. The van der Waals surface area contributed by atoms with Crippen LogP contribution in [0.3, 0.4) is 0 Å². The van der Waals surface area contributed by atoms with Gasteiger partial charge in [0.05, 0.1) is 5.60 Å². The molecule has 0 aliphatic carbocycles. The van der Waals surface area contributed by atoms with Gasteiger partial charge in [-0.3, -0.25) is 0 Å². The molecule has 0 fully saturated rings. The summed E-state index contributed by atoms with van der Waals surface area (Å²) in [5.74, 6) is -1.26. The highest BCUT2D eigenvalue weighted by atomic mass is 19.2. The van der Waals surface area contributed by atoms with Crippen LogP contribution >= 0.6 is 0 Å². The minimum atomic E-state index is -0.785. The second-order valence-corrected chi connectivity index (χ2v) is 7.01. The Labute approximate surface area is 140 Å². The number of hydrogen-bond donors (Lipinski definition) is 0. The summed E-state index contributed by atoms with van der Waals surface area (Å²) in [6, 6.07) is 4.21. The maximum atomic E-state index is 13.4. The van der Waals surface area contributed by atoms with Crippen LogP contribution in [0, 0.1) is 17.6 Å². The molecule has 1 aromatic rings. The predicted octanol–water partition coefficient (Wildman–Crippen LogP) is 6.30. The number of hydrogen-bond acceptors (Lipinski definition) is 1. The second-order valence-electron chi connectivity index (χ2n) is 7.01. The zero-order valence-corrected chi connectivity index (χ0v) is 15.1. The average Bonchev–Trinajstić information content (AvgIpc) is 2.52. The van der Waals surface area contributed by atoms with E-state index in [1.165, 1.54) is 44.2 Å². The standard InChI is InChI=1S/C20H32F2O/c1-5-6-7-8-9-10-11-17(20(2,3)23-4)14-16-12-13-18(21)19(22)15-16/h12-13,15,17H,5-11,14H2,1-4H3. The van der Waals surface area contributed by atoms with E-state index in [0.717, 1.165) is 18.4 Å². The zero-order chi connectivity index (χ0) is 17.3. The molecule has 0 spiro atoms. The van der Waals surface area contributed by atoms with Gasteiger partial charge in [0.25, 0.3) is 0 Å². The topological polar surface area (TPSA) is 9.23 Å². The molecule has 0 radical (unpaired) electrons. The number of ether oxygens (including phenoxy) is 1. The van der Waals surface area contributed by atoms with Crippen molar-refractivity contribution in [2.75, 3.05) is 7.11 Å². The first-order chi connectivity index (χ1) is 10.9. The highest BCUT2D eigenvalue weighted by molar-refractivity contribution is 5.18. The lowest BCUT2D eigenvalue weighted by atomic mass is 9.81. The molecule has 23 heavy (non-hydrogen) atoms. The van der Waals surface area contributed by atoms with E-state index >= 15 is 0 Å². The van der Waals surface area contributed by atoms with Gasteiger partial charge in [0.2, 0.25) is 0 Å². The van der Waals surface area contributed by atoms with Crippen LogP contribution in [0.2, 0.25) is 0 Å². The van der Waals surface area contributed by atoms with Crippen LogP contribution < -0.4 is 0 Å². The number of unbranched alkanes of at least 4 members (excludes halogenated alkanes) is 5. The smallest absolute Gasteiger partial charge is 0.159 e. The Hall–Kier alpha value is -0.960. The van der Waals surface area contributed by atoms with Gasteiger partial charge in [-0.05, 0) is 50.3 Å². The SMILES string of the molecule is CCCCCCCCC(Cc1ccc(F)c(F)c1)C(C)(C)OC. The molecule has 1 atom stereocenters. The van der Waals surface area contributed by atoms with E-state index in [-0.39, 0.29) is 5.60 Å². The highest BCUT2D eigenvalue weighted by Crippen LogP contribution is 2.30. The van der Waals surface area contributed by atoms with Gasteiger partial charge >= 0.3 is 0 Å². The van der Waals surface area contributed by atoms with Gasteiger partial charge in [-0.2, -0.15) is 0 Å². The van der Waals surface area contributed by atoms with Gasteiger partial charge in [0.15, 0.2) is 11.6 Å². The molecule has 0 aliphatic heterocycles. The van der Waals surface area contributed by atoms with Gasteiger partial charge in [-0.1, -0.05) is 51.5 Å². The summed E-state index contributed by atoms with van der Waals surface area (Å²) in [5.41, 5.74) is 0.568. The molecule has 0 amide bonds. The molecule has 0 heterocycles. The van der Waals surface area contributed by atoms with Crippen LogP contribution in [-0.2, 0) is 11.2 Å². The number of rotatable bonds is 11. The number of halogens is 2. The monoisotopic (exact) mass is 326 g/mol. The summed E-state index contributed by atoms with van der Waals surface area (Å²) < 4.78 is 32.2. The Morgan fingerprint density at radius 2 is 1.65 bits per heavy atom. The quantitative estimate of drug-likeness (QED) is 0.434. The zero-order valence-electron chi connectivity index (χ0n) is 15.1. The molecule has 1 unspecified atom stereocenters. The summed E-state index contributed by atoms with van der Waals surface area (Å²) in [6.45, 7) is 6.38. The lowest BCUT2D eigenvalue weighted by molar-refractivity contribution is -0.0315. The molecule has 3 heteroatoms. The van der Waals surface area contributed by atoms with Crippen LogP contribution in [0.15, 0.2) is 18.2 Å². The number of methoxy groups -OCH3 is 1. The fourth-order valence-corrected chi connectivity index (χ4v) is 2.98. The maximum Gasteiger partial charge on any atom is 0.159 e. The molecule has 0 saturated heterocycles. The van der Waals surface area contributed by atoms with Crippen LogP contribution in [0.1, 0.15) is 71.3 Å². The van der Waals surface area contributed by atoms with Crippen molar-refractivity contribution in [1.29, 1.82) is 0 Å². The lowest BCUT2D eigenvalue weighted by Crippen LogP contribution is -2.35. The molecular weight excluding hydrogens is 294 g/mol. The molecule has 0 bridgehead atoms. The van der Waals surface area contributed by atoms with Crippen LogP contribution in [0.25, 0.3) is 0 Å². The summed E-state index contributed by atoms with van der Waals surface area (Å²) >= 11 is 0. The molecule has 1 rings (SSSR count). The maximum absolute atomic E-state index is 13.4. The molecule has 132 valence electrons. The van der Waals surface area contributed by atoms with Gasteiger partial charge in [0.1, 0.15) is 0 Å². The average molecular weight is 326 g/mol. The van der Waals surface area contributed by atoms with Crippen molar-refractivity contribution in [2.45, 2.75) is 77.7 Å². The largest absolute Gasteiger partial charge is 0.379 e. The van der Waals surface area contributed by atoms with Gasteiger partial charge < -0.3 is 4.74 Å². The van der Waals surface area contributed by atoms with E-state index in [9.17, 15) is 8.78 Å². The van der Waals surface area contributed by atoms with E-state index in [1.807, 2.05) is 0 Å². The first-order valence-corrected chi connectivity index (χ1v) is 8.89. The van der Waals surface area contributed by atoms with E-state index in [0.29, 0.717) is 12.3 Å². The highest BCUT2D eigenvalue weighted by Gasteiger charge is 2.29. The first kappa shape index (κ1) is 20.1. The fraction of sp³-hybridized carbons (Fsp3) is 0.700. The molecule has 0 N–H and O–H groups in total. The van der Waals surface area contributed by atoms with Crippen molar-refractivity contribution in [3.8, 4) is 0 Å². The Morgan fingerprint density at radius 1 is 1.00 bits per heavy atom. The normalized spacial score (nSPS) is 13.3. The van der Waals surface area contributed by atoms with Crippen molar-refractivity contribution < 1.29 is 13.5 Å². The number of benzene rings is 1. The minimum absolute atomic E-state index is 0.270. The third-order valence-corrected chi connectivity index (χ3v) is 4.88. The molecule has 1 aromatic carbocycles. The molecule has 0 aliphatic rings. The van der Waals surface area contributed by atoms with Crippen LogP contribution in [0.4, 0.5) is 8.78 Å². The summed E-state index contributed by atoms with van der Waals surface area (Å²) in [4.78, 5) is 0. The van der Waals surface area contributed by atoms with E-state index in [2.05, 4.69) is 20.8 Å². The summed E-state index contributed by atoms with van der Waals surface area (Å²) in [7, 11) is 1.72. The van der Waals surface area contributed by atoms with Gasteiger partial charge in [0, 0.05) is 7.11 Å². The Kier molecular flexibility index (Phi) is 8.75. The Morgan fingerprint density at radius 3 is 2.26 bits per heavy atom. The van der Waals surface area contributed by atoms with Crippen molar-refractivity contribution in [2.24, 2.45) is 5.92 Å². The lowest BCUT2D eigenvalue weighted by Gasteiger charge is -2.33. The molecule has 1 nitrogen and oxygen atoms in total. The van der Waals surface area contributed by atoms with Crippen molar-refractivity contribution in [3.63, 3.8) is 0 Å². The summed E-state index contributed by atoms with van der Waals surface area (Å²) in [5, 5.41) is 0. The molecular formula is C20H32F2O. The van der Waals surface area contributed by atoms with E-state index in [4.69, 9.17) is 4.74 Å². The Balaban J connectivity index is 2.60. The summed E-state index contributed by atoms with van der Waals surface area (Å²) in [6.07, 6.45) is 9.30. The van der Waals surface area contributed by atoms with E-state index < -0.39 is 11.6 Å². The minimum Gasteiger partial charge on any atom is -0.379 e. The van der Waals surface area contributed by atoms with E-state index in [1.54, 1.807) is 13.2 Å². The van der Waals surface area contributed by atoms with Gasteiger partial charge in [-0.15, -0.1) is 0 Å². The fourth-order valence-electron chi connectivity index (χ4n) is 2.98. The van der Waals surface area contributed by atoms with Crippen molar-refractivity contribution >= 4 is 0 Å². The molecule has 0 saturated carbocycles. The van der Waals surface area contributed by atoms with Crippen LogP contribution in [0.5, 0.6) is 0 Å². The predicted molar refractivity (Wildman–Crippen MR) is 92.6 cm³/mol. The third kappa shape index (κ3) is 6.99. The third-order valence-electron chi connectivity index (χ3n) is 4.88. The first-order valence-electron chi connectivity index (χ1n) is 8.89. The van der Waals surface area contributed by atoms with Gasteiger partial charge in [-0.25, -0.2) is 8.78 Å². The van der Waals surface area contributed by atoms with Crippen LogP contribution in [-0.4, -0.2) is 12.7 Å².